The first-order valence-electron chi connectivity index (χ1n) is 8.32. The molecule has 0 aromatic heterocycles. The van der Waals surface area contributed by atoms with Gasteiger partial charge in [0.05, 0.1) is 0 Å². The van der Waals surface area contributed by atoms with Crippen molar-refractivity contribution in [2.45, 2.75) is 52.6 Å². The van der Waals surface area contributed by atoms with Gasteiger partial charge in [0.15, 0.2) is 0 Å². The summed E-state index contributed by atoms with van der Waals surface area (Å²) < 4.78 is 0. The van der Waals surface area contributed by atoms with E-state index in [-0.39, 0.29) is 23.8 Å². The fourth-order valence-electron chi connectivity index (χ4n) is 2.65. The summed E-state index contributed by atoms with van der Waals surface area (Å²) in [5, 5.41) is 16.8. The summed E-state index contributed by atoms with van der Waals surface area (Å²) >= 11 is 0. The lowest BCUT2D eigenvalue weighted by molar-refractivity contribution is -0.122. The maximum atomic E-state index is 12.4. The van der Waals surface area contributed by atoms with Gasteiger partial charge in [-0.1, -0.05) is 17.7 Å². The molecule has 0 radical (unpaired) electrons. The third-order valence-corrected chi connectivity index (χ3v) is 3.81. The molecular formula is C19H26N4O2. The summed E-state index contributed by atoms with van der Waals surface area (Å²) in [4.78, 5) is 24.8. The van der Waals surface area contributed by atoms with Crippen LogP contribution in [0.2, 0.25) is 0 Å². The highest BCUT2D eigenvalue weighted by Crippen LogP contribution is 2.18. The molecule has 1 atom stereocenters. The Morgan fingerprint density at radius 3 is 2.56 bits per heavy atom. The Bertz CT molecular complexity index is 744. The average Bonchev–Trinajstić information content (AvgIpc) is 2.47. The largest absolute Gasteiger partial charge is 0.367 e. The predicted molar refractivity (Wildman–Crippen MR) is 98.5 cm³/mol. The highest BCUT2D eigenvalue weighted by molar-refractivity contribution is 6.02. The molecule has 1 aromatic rings. The van der Waals surface area contributed by atoms with Crippen molar-refractivity contribution in [1.29, 1.82) is 5.41 Å². The number of amides is 2. The van der Waals surface area contributed by atoms with E-state index in [1.807, 2.05) is 39.8 Å². The maximum absolute atomic E-state index is 12.4. The van der Waals surface area contributed by atoms with Crippen LogP contribution in [0.15, 0.2) is 35.7 Å². The third-order valence-electron chi connectivity index (χ3n) is 3.81. The lowest BCUT2D eigenvalue weighted by Crippen LogP contribution is -2.54. The van der Waals surface area contributed by atoms with Crippen molar-refractivity contribution in [3.63, 3.8) is 0 Å². The number of rotatable bonds is 4. The summed E-state index contributed by atoms with van der Waals surface area (Å²) in [6.07, 6.45) is 0.289. The molecule has 1 aliphatic heterocycles. The molecule has 0 fully saturated rings. The number of nitrogens with one attached hydrogen (secondary N) is 4. The first-order valence-corrected chi connectivity index (χ1v) is 8.32. The summed E-state index contributed by atoms with van der Waals surface area (Å²) in [7, 11) is 0. The van der Waals surface area contributed by atoms with E-state index in [0.29, 0.717) is 22.7 Å². The molecule has 1 aliphatic rings. The molecule has 0 saturated carbocycles. The van der Waals surface area contributed by atoms with E-state index in [2.05, 4.69) is 16.0 Å². The van der Waals surface area contributed by atoms with Crippen LogP contribution < -0.4 is 16.0 Å². The summed E-state index contributed by atoms with van der Waals surface area (Å²) in [6.45, 7) is 9.53. The second-order valence-electron chi connectivity index (χ2n) is 7.44. The van der Waals surface area contributed by atoms with Crippen LogP contribution in [0, 0.1) is 12.3 Å². The topological polar surface area (TPSA) is 94.1 Å². The van der Waals surface area contributed by atoms with Gasteiger partial charge in [-0.05, 0) is 46.8 Å². The maximum Gasteiger partial charge on any atom is 0.251 e. The van der Waals surface area contributed by atoms with Gasteiger partial charge < -0.3 is 21.4 Å². The summed E-state index contributed by atoms with van der Waals surface area (Å²) in [6, 6.07) is 6.52. The second-order valence-corrected chi connectivity index (χ2v) is 7.44. The smallest absolute Gasteiger partial charge is 0.251 e. The van der Waals surface area contributed by atoms with Crippen LogP contribution in [0.5, 0.6) is 0 Å². The molecule has 0 aliphatic carbocycles. The molecule has 0 unspecified atom stereocenters. The van der Waals surface area contributed by atoms with Gasteiger partial charge in [-0.25, -0.2) is 0 Å². The van der Waals surface area contributed by atoms with E-state index in [1.54, 1.807) is 19.1 Å². The van der Waals surface area contributed by atoms with Gasteiger partial charge >= 0.3 is 0 Å². The predicted octanol–water partition coefficient (Wildman–Crippen LogP) is 2.25. The standard InChI is InChI=1S/C19H26N4O2/c1-11-7-6-8-13(9-11)17(24)21-15-10-14(12(2)20)16(22-18(15)25)23-19(3,4)5/h6-9,15,20,23H,10H2,1-5H3,(H,21,24)(H,22,25)/t15-/m0/s1. The molecule has 2 amide bonds. The van der Waals surface area contributed by atoms with Gasteiger partial charge in [-0.2, -0.15) is 0 Å². The number of carbonyl (C=O) groups excluding carboxylic acids is 2. The van der Waals surface area contributed by atoms with Crippen molar-refractivity contribution in [1.82, 2.24) is 16.0 Å². The van der Waals surface area contributed by atoms with Crippen molar-refractivity contribution in [2.75, 3.05) is 0 Å². The number of hydrogen-bond acceptors (Lipinski definition) is 4. The van der Waals surface area contributed by atoms with Gasteiger partial charge in [0, 0.05) is 28.8 Å². The average molecular weight is 342 g/mol. The van der Waals surface area contributed by atoms with Crippen molar-refractivity contribution >= 4 is 17.5 Å². The molecule has 4 N–H and O–H groups in total. The lowest BCUT2D eigenvalue weighted by atomic mass is 9.96. The van der Waals surface area contributed by atoms with Gasteiger partial charge in [-0.15, -0.1) is 0 Å². The zero-order valence-corrected chi connectivity index (χ0v) is 15.4. The van der Waals surface area contributed by atoms with E-state index in [1.165, 1.54) is 0 Å². The van der Waals surface area contributed by atoms with E-state index >= 15 is 0 Å². The first kappa shape index (κ1) is 18.7. The van der Waals surface area contributed by atoms with Crippen LogP contribution >= 0.6 is 0 Å². The number of benzene rings is 1. The van der Waals surface area contributed by atoms with Crippen LogP contribution in [0.1, 0.15) is 50.0 Å². The number of hydrogen-bond donors (Lipinski definition) is 4. The molecule has 1 heterocycles. The Kier molecular flexibility index (Phi) is 5.30. The highest BCUT2D eigenvalue weighted by atomic mass is 16.2. The van der Waals surface area contributed by atoms with Crippen molar-refractivity contribution in [3.8, 4) is 0 Å². The van der Waals surface area contributed by atoms with Crippen LogP contribution in [-0.4, -0.2) is 29.1 Å². The zero-order chi connectivity index (χ0) is 18.8. The molecule has 1 aromatic carbocycles. The van der Waals surface area contributed by atoms with Gasteiger partial charge in [0.2, 0.25) is 5.91 Å². The Morgan fingerprint density at radius 2 is 2.00 bits per heavy atom. The second kappa shape index (κ2) is 7.09. The highest BCUT2D eigenvalue weighted by Gasteiger charge is 2.31. The molecule has 6 heteroatoms. The minimum absolute atomic E-state index is 0.249. The zero-order valence-electron chi connectivity index (χ0n) is 15.4. The van der Waals surface area contributed by atoms with E-state index in [4.69, 9.17) is 5.41 Å². The Labute approximate surface area is 148 Å². The van der Waals surface area contributed by atoms with Crippen molar-refractivity contribution in [2.24, 2.45) is 0 Å². The fraction of sp³-hybridized carbons (Fsp3) is 0.421. The third kappa shape index (κ3) is 4.92. The Morgan fingerprint density at radius 1 is 1.32 bits per heavy atom. The molecule has 2 rings (SSSR count). The van der Waals surface area contributed by atoms with Crippen LogP contribution in [0.3, 0.4) is 0 Å². The molecule has 0 bridgehead atoms. The molecule has 6 nitrogen and oxygen atoms in total. The van der Waals surface area contributed by atoms with Crippen LogP contribution in [-0.2, 0) is 4.79 Å². The molecule has 25 heavy (non-hydrogen) atoms. The van der Waals surface area contributed by atoms with E-state index < -0.39 is 6.04 Å². The van der Waals surface area contributed by atoms with Crippen LogP contribution in [0.25, 0.3) is 0 Å². The van der Waals surface area contributed by atoms with Gasteiger partial charge in [0.1, 0.15) is 11.9 Å². The van der Waals surface area contributed by atoms with E-state index in [0.717, 1.165) is 5.56 Å². The lowest BCUT2D eigenvalue weighted by Gasteiger charge is -2.32. The van der Waals surface area contributed by atoms with E-state index in [9.17, 15) is 9.59 Å². The monoisotopic (exact) mass is 342 g/mol. The molecule has 134 valence electrons. The quantitative estimate of drug-likeness (QED) is 0.632. The minimum Gasteiger partial charge on any atom is -0.367 e. The fourth-order valence-corrected chi connectivity index (χ4v) is 2.65. The summed E-state index contributed by atoms with van der Waals surface area (Å²) in [5.41, 5.74) is 2.31. The SMILES string of the molecule is CC(=N)C1=C(NC(C)(C)C)NC(=O)[C@@H](NC(=O)c2cccc(C)c2)C1. The minimum atomic E-state index is -0.700. The number of carbonyl (C=O) groups is 2. The molecular weight excluding hydrogens is 316 g/mol. The molecule has 0 spiro atoms. The Hall–Kier alpha value is -2.63. The first-order chi connectivity index (χ1) is 11.6. The van der Waals surface area contributed by atoms with Crippen LogP contribution in [0.4, 0.5) is 0 Å². The van der Waals surface area contributed by atoms with Gasteiger partial charge in [0.25, 0.3) is 5.91 Å². The molecule has 0 saturated heterocycles. The van der Waals surface area contributed by atoms with Crippen molar-refractivity contribution in [3.05, 3.63) is 46.8 Å². The summed E-state index contributed by atoms with van der Waals surface area (Å²) in [5.74, 6) is -0.0260. The number of aryl methyl sites for hydroxylation is 1. The Balaban J connectivity index is 2.20. The normalized spacial score (nSPS) is 17.8. The van der Waals surface area contributed by atoms with Gasteiger partial charge in [-0.3, -0.25) is 9.59 Å². The van der Waals surface area contributed by atoms with Crippen molar-refractivity contribution < 1.29 is 9.59 Å².